The fourth-order valence-electron chi connectivity index (χ4n) is 1.75. The molecule has 3 amide bonds. The molecule has 0 heterocycles. The molecule has 0 bridgehead atoms. The Morgan fingerprint density at radius 1 is 0.808 bits per heavy atom. The van der Waals surface area contributed by atoms with Crippen LogP contribution >= 0.6 is 0 Å². The van der Waals surface area contributed by atoms with E-state index in [2.05, 4.69) is 0 Å². The van der Waals surface area contributed by atoms with Gasteiger partial charge in [-0.1, -0.05) is 0 Å². The Bertz CT molecular complexity index is 592. The molecule has 0 fully saturated rings. The number of hydrogen-bond acceptors (Lipinski definition) is 7. The third-order valence-electron chi connectivity index (χ3n) is 3.04. The Morgan fingerprint density at radius 2 is 1.35 bits per heavy atom. The van der Waals surface area contributed by atoms with Crippen LogP contribution in [0.4, 0.5) is 0 Å². The van der Waals surface area contributed by atoms with Crippen molar-refractivity contribution < 1.29 is 44.1 Å². The van der Waals surface area contributed by atoms with Gasteiger partial charge < -0.3 is 37.4 Å². The maximum atomic E-state index is 12.1. The molecule has 146 valence electrons. The van der Waals surface area contributed by atoms with Gasteiger partial charge in [-0.25, -0.2) is 4.79 Å². The summed E-state index contributed by atoms with van der Waals surface area (Å²) in [5.41, 5.74) is 10.3. The molecule has 26 heavy (non-hydrogen) atoms. The van der Waals surface area contributed by atoms with Crippen LogP contribution in [-0.4, -0.2) is 69.1 Å². The highest BCUT2D eigenvalue weighted by atomic mass is 16.4. The summed E-state index contributed by atoms with van der Waals surface area (Å²) in [6.45, 7) is 0. The monoisotopic (exact) mass is 376 g/mol. The molecule has 13 heteroatoms. The van der Waals surface area contributed by atoms with Gasteiger partial charge >= 0.3 is 17.9 Å². The number of rotatable bonds is 12. The number of amides is 3. The summed E-state index contributed by atoms with van der Waals surface area (Å²) in [6, 6.07) is -4.73. The van der Waals surface area contributed by atoms with E-state index in [1.165, 1.54) is 0 Å². The molecular weight excluding hydrogens is 356 g/mol. The van der Waals surface area contributed by atoms with E-state index >= 15 is 0 Å². The van der Waals surface area contributed by atoms with Gasteiger partial charge in [0.2, 0.25) is 17.7 Å². The second-order valence-corrected chi connectivity index (χ2v) is 5.27. The first kappa shape index (κ1) is 22.8. The van der Waals surface area contributed by atoms with Crippen LogP contribution in [0.15, 0.2) is 0 Å². The number of hydrogen-bond donors (Lipinski definition) is 7. The highest BCUT2D eigenvalue weighted by molar-refractivity contribution is 5.95. The normalized spacial score (nSPS) is 13.7. The first-order chi connectivity index (χ1) is 11.9. The first-order valence-corrected chi connectivity index (χ1v) is 7.25. The summed E-state index contributed by atoms with van der Waals surface area (Å²) < 4.78 is 0. The van der Waals surface area contributed by atoms with Crippen molar-refractivity contribution in [1.82, 2.24) is 10.6 Å². The Hall–Kier alpha value is -3.22. The third-order valence-corrected chi connectivity index (χ3v) is 3.04. The number of carbonyl (C=O) groups excluding carboxylic acids is 3. The van der Waals surface area contributed by atoms with Gasteiger partial charge in [0.25, 0.3) is 0 Å². The quantitative estimate of drug-likeness (QED) is 0.178. The first-order valence-electron chi connectivity index (χ1n) is 7.25. The van der Waals surface area contributed by atoms with Crippen molar-refractivity contribution in [3.63, 3.8) is 0 Å². The fraction of sp³-hybridized carbons (Fsp3) is 0.538. The number of aliphatic carboxylic acids is 3. The summed E-state index contributed by atoms with van der Waals surface area (Å²) in [5.74, 6) is -7.47. The Labute approximate surface area is 146 Å². The minimum atomic E-state index is -1.71. The van der Waals surface area contributed by atoms with Crippen LogP contribution in [0.3, 0.4) is 0 Å². The minimum absolute atomic E-state index is 0.262. The molecule has 13 nitrogen and oxygen atoms in total. The smallest absolute Gasteiger partial charge is 0.326 e. The van der Waals surface area contributed by atoms with Crippen LogP contribution in [0, 0.1) is 0 Å². The van der Waals surface area contributed by atoms with Crippen molar-refractivity contribution in [3.8, 4) is 0 Å². The van der Waals surface area contributed by atoms with Gasteiger partial charge in [0.1, 0.15) is 12.1 Å². The second-order valence-electron chi connectivity index (χ2n) is 5.27. The van der Waals surface area contributed by atoms with E-state index in [-0.39, 0.29) is 6.42 Å². The van der Waals surface area contributed by atoms with Crippen LogP contribution in [-0.2, 0) is 28.8 Å². The molecule has 0 saturated heterocycles. The predicted molar refractivity (Wildman–Crippen MR) is 82.4 cm³/mol. The lowest BCUT2D eigenvalue weighted by molar-refractivity contribution is -0.144. The SMILES string of the molecule is NC(=O)C[C@H](NC(=O)[C@H](CC(=O)O)NC(=O)[C@@H](N)CCC(=O)O)C(=O)O. The lowest BCUT2D eigenvalue weighted by Crippen LogP contribution is -2.55. The molecule has 0 unspecified atom stereocenters. The zero-order chi connectivity index (χ0) is 20.4. The van der Waals surface area contributed by atoms with Gasteiger partial charge in [-0.2, -0.15) is 0 Å². The van der Waals surface area contributed by atoms with Crippen LogP contribution in [0.5, 0.6) is 0 Å². The van der Waals surface area contributed by atoms with Crippen LogP contribution in [0.1, 0.15) is 25.7 Å². The highest BCUT2D eigenvalue weighted by Crippen LogP contribution is 2.01. The molecule has 0 rings (SSSR count). The Balaban J connectivity index is 5.05. The van der Waals surface area contributed by atoms with Crippen LogP contribution in [0.2, 0.25) is 0 Å². The van der Waals surface area contributed by atoms with E-state index in [4.69, 9.17) is 26.8 Å². The maximum Gasteiger partial charge on any atom is 0.326 e. The lowest BCUT2D eigenvalue weighted by Gasteiger charge is -2.21. The average Bonchev–Trinajstić information content (AvgIpc) is 2.49. The molecule has 0 spiro atoms. The van der Waals surface area contributed by atoms with Gasteiger partial charge in [0.05, 0.1) is 18.9 Å². The topological polar surface area (TPSA) is 239 Å². The van der Waals surface area contributed by atoms with Crippen LogP contribution < -0.4 is 22.1 Å². The molecule has 0 aliphatic carbocycles. The van der Waals surface area contributed by atoms with Gasteiger partial charge in [-0.3, -0.25) is 24.0 Å². The zero-order valence-electron chi connectivity index (χ0n) is 13.5. The molecule has 0 aromatic carbocycles. The molecule has 0 aliphatic heterocycles. The van der Waals surface area contributed by atoms with E-state index in [9.17, 15) is 28.8 Å². The molecule has 0 aromatic rings. The van der Waals surface area contributed by atoms with Crippen molar-refractivity contribution in [2.24, 2.45) is 11.5 Å². The van der Waals surface area contributed by atoms with Gasteiger partial charge in [0.15, 0.2) is 0 Å². The molecule has 0 aromatic heterocycles. The maximum absolute atomic E-state index is 12.1. The lowest BCUT2D eigenvalue weighted by atomic mass is 10.1. The molecular formula is C13H20N4O9. The molecule has 0 radical (unpaired) electrons. The van der Waals surface area contributed by atoms with Crippen molar-refractivity contribution in [2.45, 2.75) is 43.8 Å². The number of primary amides is 1. The van der Waals surface area contributed by atoms with Crippen molar-refractivity contribution in [2.75, 3.05) is 0 Å². The molecule has 9 N–H and O–H groups in total. The van der Waals surface area contributed by atoms with Gasteiger partial charge in [-0.15, -0.1) is 0 Å². The van der Waals surface area contributed by atoms with E-state index in [1.807, 2.05) is 10.6 Å². The molecule has 3 atom stereocenters. The summed E-state index contributed by atoms with van der Waals surface area (Å²) >= 11 is 0. The van der Waals surface area contributed by atoms with Crippen molar-refractivity contribution >= 4 is 35.6 Å². The zero-order valence-corrected chi connectivity index (χ0v) is 13.5. The average molecular weight is 376 g/mol. The largest absolute Gasteiger partial charge is 0.481 e. The predicted octanol–water partition coefficient (Wildman–Crippen LogP) is -3.42. The summed E-state index contributed by atoms with van der Waals surface area (Å²) in [5, 5.41) is 30.2. The van der Waals surface area contributed by atoms with Gasteiger partial charge in [-0.05, 0) is 6.42 Å². The van der Waals surface area contributed by atoms with Crippen molar-refractivity contribution in [3.05, 3.63) is 0 Å². The Morgan fingerprint density at radius 3 is 1.77 bits per heavy atom. The number of carboxylic acids is 3. The summed E-state index contributed by atoms with van der Waals surface area (Å²) in [6.07, 6.45) is -2.33. The van der Waals surface area contributed by atoms with E-state index in [1.54, 1.807) is 0 Å². The van der Waals surface area contributed by atoms with E-state index in [0.29, 0.717) is 0 Å². The molecule has 0 aliphatic rings. The van der Waals surface area contributed by atoms with Crippen molar-refractivity contribution in [1.29, 1.82) is 0 Å². The number of nitrogens with one attached hydrogen (secondary N) is 2. The Kier molecular flexibility index (Phi) is 9.29. The highest BCUT2D eigenvalue weighted by Gasteiger charge is 2.30. The minimum Gasteiger partial charge on any atom is -0.481 e. The third kappa shape index (κ3) is 9.17. The number of carboxylic acid groups (broad SMARTS) is 3. The number of nitrogens with two attached hydrogens (primary N) is 2. The second kappa shape index (κ2) is 10.6. The summed E-state index contributed by atoms with van der Waals surface area (Å²) in [7, 11) is 0. The van der Waals surface area contributed by atoms with Gasteiger partial charge in [0, 0.05) is 6.42 Å². The van der Waals surface area contributed by atoms with E-state index in [0.717, 1.165) is 0 Å². The van der Waals surface area contributed by atoms with E-state index < -0.39 is 73.0 Å². The van der Waals surface area contributed by atoms with Crippen LogP contribution in [0.25, 0.3) is 0 Å². The molecule has 0 saturated carbocycles. The standard InChI is InChI=1S/C13H20N4O9/c14-5(1-2-9(19)20)11(23)16-6(4-10(21)22)12(24)17-7(13(25)26)3-8(15)18/h5-7H,1-4,14H2,(H2,15,18)(H,16,23)(H,17,24)(H,19,20)(H,21,22)(H,25,26)/t5-,6-,7-/m0/s1. The fourth-order valence-corrected chi connectivity index (χ4v) is 1.75. The summed E-state index contributed by atoms with van der Waals surface area (Å²) in [4.78, 5) is 67.0. The number of carbonyl (C=O) groups is 6.